The fourth-order valence-corrected chi connectivity index (χ4v) is 9.39. The van der Waals surface area contributed by atoms with Crippen molar-refractivity contribution in [2.45, 2.75) is 0 Å². The van der Waals surface area contributed by atoms with Gasteiger partial charge in [-0.25, -0.2) is 19.9 Å². The molecule has 4 heterocycles. The van der Waals surface area contributed by atoms with Crippen LogP contribution in [0.5, 0.6) is 0 Å². The van der Waals surface area contributed by atoms with Crippen molar-refractivity contribution in [2.24, 2.45) is 0 Å². The van der Waals surface area contributed by atoms with Crippen LogP contribution in [0.1, 0.15) is 0 Å². The molecule has 0 fully saturated rings. The topological polar surface area (TPSA) is 69.6 Å². The molecule has 0 saturated carbocycles. The van der Waals surface area contributed by atoms with Crippen LogP contribution in [0.3, 0.4) is 0 Å². The molecular formula is C58H35N5O. The summed E-state index contributed by atoms with van der Waals surface area (Å²) in [6, 6.07) is 73.8. The SMILES string of the molecule is c1ccc(-c2nc(-c3ccc(-c4ccc5oc6c(ccc7c(-c8ccccc8)nc8ccccc8c76)c5c4)cc3)nc(-c3ccc4c(c3)c3ccccc3n4-c3ccccc3)n2)cc1. The third-order valence-electron chi connectivity index (χ3n) is 12.4. The van der Waals surface area contributed by atoms with Crippen molar-refractivity contribution in [1.82, 2.24) is 24.5 Å². The second kappa shape index (κ2) is 14.4. The summed E-state index contributed by atoms with van der Waals surface area (Å²) >= 11 is 0. The Balaban J connectivity index is 0.907. The average Bonchev–Trinajstić information content (AvgIpc) is 3.92. The van der Waals surface area contributed by atoms with E-state index in [0.717, 1.165) is 105 Å². The van der Waals surface area contributed by atoms with Crippen molar-refractivity contribution >= 4 is 65.4 Å². The average molecular weight is 818 g/mol. The maximum Gasteiger partial charge on any atom is 0.164 e. The van der Waals surface area contributed by atoms with Gasteiger partial charge in [-0.05, 0) is 71.8 Å². The van der Waals surface area contributed by atoms with Crippen LogP contribution in [0.25, 0.3) is 128 Å². The lowest BCUT2D eigenvalue weighted by Gasteiger charge is -2.10. The van der Waals surface area contributed by atoms with E-state index in [4.69, 9.17) is 24.4 Å². The third-order valence-corrected chi connectivity index (χ3v) is 12.4. The lowest BCUT2D eigenvalue weighted by atomic mass is 9.97. The molecule has 6 nitrogen and oxygen atoms in total. The van der Waals surface area contributed by atoms with E-state index in [0.29, 0.717) is 17.5 Å². The quantitative estimate of drug-likeness (QED) is 0.156. The summed E-state index contributed by atoms with van der Waals surface area (Å²) in [4.78, 5) is 20.4. The molecule has 0 bridgehead atoms. The van der Waals surface area contributed by atoms with E-state index in [2.05, 4.69) is 174 Å². The molecule has 13 aromatic rings. The summed E-state index contributed by atoms with van der Waals surface area (Å²) in [6.07, 6.45) is 0. The Hall–Kier alpha value is -8.74. The molecule has 64 heavy (non-hydrogen) atoms. The molecule has 0 aliphatic rings. The predicted molar refractivity (Wildman–Crippen MR) is 261 cm³/mol. The number of furan rings is 1. The number of pyridine rings is 1. The zero-order valence-corrected chi connectivity index (χ0v) is 34.4. The molecule has 9 aromatic carbocycles. The van der Waals surface area contributed by atoms with Crippen LogP contribution in [-0.2, 0) is 0 Å². The molecule has 298 valence electrons. The number of benzene rings is 9. The van der Waals surface area contributed by atoms with Crippen LogP contribution < -0.4 is 0 Å². The van der Waals surface area contributed by atoms with Gasteiger partial charge in [0.2, 0.25) is 0 Å². The normalized spacial score (nSPS) is 11.8. The van der Waals surface area contributed by atoms with E-state index in [1.165, 1.54) is 5.39 Å². The standard InChI is InChI=1S/C58H35N5O/c1-4-14-37(15-5-1)54-46-31-30-44-48-34-40(29-33-52(48)64-55(44)53(46)45-21-10-12-22-49(45)59-54)36-24-26-39(27-25-36)57-60-56(38-16-6-2-7-17-38)61-58(62-57)41-28-32-51-47(35-41)43-20-11-13-23-50(43)63(51)42-18-8-3-9-19-42/h1-35H. The van der Waals surface area contributed by atoms with Gasteiger partial charge in [-0.2, -0.15) is 0 Å². The summed E-state index contributed by atoms with van der Waals surface area (Å²) in [6.45, 7) is 0. The molecule has 13 rings (SSSR count). The van der Waals surface area contributed by atoms with E-state index >= 15 is 0 Å². The highest BCUT2D eigenvalue weighted by atomic mass is 16.3. The first-order chi connectivity index (χ1) is 31.7. The molecule has 0 amide bonds. The van der Waals surface area contributed by atoms with Gasteiger partial charge in [0.1, 0.15) is 11.2 Å². The Morgan fingerprint density at radius 3 is 1.64 bits per heavy atom. The second-order valence-corrected chi connectivity index (χ2v) is 16.2. The van der Waals surface area contributed by atoms with Gasteiger partial charge < -0.3 is 8.98 Å². The Morgan fingerprint density at radius 1 is 0.328 bits per heavy atom. The monoisotopic (exact) mass is 817 g/mol. The highest BCUT2D eigenvalue weighted by Gasteiger charge is 2.19. The Kier molecular flexibility index (Phi) is 8.11. The Bertz CT molecular complexity index is 3930. The third kappa shape index (κ3) is 5.81. The molecule has 0 atom stereocenters. The summed E-state index contributed by atoms with van der Waals surface area (Å²) in [5.41, 5.74) is 13.0. The van der Waals surface area contributed by atoms with Gasteiger partial charge in [-0.15, -0.1) is 0 Å². The van der Waals surface area contributed by atoms with Gasteiger partial charge in [0, 0.05) is 65.6 Å². The minimum atomic E-state index is 0.613. The lowest BCUT2D eigenvalue weighted by Crippen LogP contribution is -2.00. The maximum atomic E-state index is 6.74. The zero-order valence-electron chi connectivity index (χ0n) is 34.4. The molecular weight excluding hydrogens is 783 g/mol. The predicted octanol–water partition coefficient (Wildman–Crippen LogP) is 14.9. The van der Waals surface area contributed by atoms with E-state index in [1.807, 2.05) is 42.5 Å². The molecule has 0 unspecified atom stereocenters. The number of para-hydroxylation sites is 3. The minimum absolute atomic E-state index is 0.613. The van der Waals surface area contributed by atoms with Crippen LogP contribution in [-0.4, -0.2) is 24.5 Å². The second-order valence-electron chi connectivity index (χ2n) is 16.2. The van der Waals surface area contributed by atoms with Crippen LogP contribution >= 0.6 is 0 Å². The fraction of sp³-hybridized carbons (Fsp3) is 0. The zero-order chi connectivity index (χ0) is 42.1. The van der Waals surface area contributed by atoms with Crippen molar-refractivity contribution in [3.63, 3.8) is 0 Å². The first kappa shape index (κ1) is 36.0. The highest BCUT2D eigenvalue weighted by Crippen LogP contribution is 2.42. The maximum absolute atomic E-state index is 6.74. The number of rotatable bonds is 6. The van der Waals surface area contributed by atoms with Gasteiger partial charge in [0.05, 0.1) is 22.2 Å². The van der Waals surface area contributed by atoms with Gasteiger partial charge >= 0.3 is 0 Å². The molecule has 0 saturated heterocycles. The van der Waals surface area contributed by atoms with Crippen LogP contribution in [0, 0.1) is 0 Å². The molecule has 0 aliphatic carbocycles. The Morgan fingerprint density at radius 2 is 0.875 bits per heavy atom. The summed E-state index contributed by atoms with van der Waals surface area (Å²) in [5, 5.41) is 7.68. The van der Waals surface area contributed by atoms with Gasteiger partial charge in [-0.1, -0.05) is 152 Å². The number of nitrogens with zero attached hydrogens (tertiary/aromatic N) is 5. The highest BCUT2D eigenvalue weighted by molar-refractivity contribution is 6.25. The van der Waals surface area contributed by atoms with Gasteiger partial charge in [-0.3, -0.25) is 0 Å². The smallest absolute Gasteiger partial charge is 0.164 e. The van der Waals surface area contributed by atoms with Crippen LogP contribution in [0.15, 0.2) is 217 Å². The van der Waals surface area contributed by atoms with Crippen molar-refractivity contribution in [3.8, 4) is 62.2 Å². The van der Waals surface area contributed by atoms with E-state index < -0.39 is 0 Å². The van der Waals surface area contributed by atoms with E-state index in [9.17, 15) is 0 Å². The molecule has 4 aromatic heterocycles. The minimum Gasteiger partial charge on any atom is -0.455 e. The van der Waals surface area contributed by atoms with Crippen molar-refractivity contribution in [2.75, 3.05) is 0 Å². The van der Waals surface area contributed by atoms with Crippen LogP contribution in [0.2, 0.25) is 0 Å². The van der Waals surface area contributed by atoms with Crippen molar-refractivity contribution < 1.29 is 4.42 Å². The van der Waals surface area contributed by atoms with Crippen LogP contribution in [0.4, 0.5) is 0 Å². The first-order valence-corrected chi connectivity index (χ1v) is 21.5. The molecule has 0 aliphatic heterocycles. The first-order valence-electron chi connectivity index (χ1n) is 21.5. The molecule has 0 N–H and O–H groups in total. The molecule has 0 radical (unpaired) electrons. The van der Waals surface area contributed by atoms with Crippen molar-refractivity contribution in [1.29, 1.82) is 0 Å². The number of hydrogen-bond donors (Lipinski definition) is 0. The Labute approximate surface area is 367 Å². The molecule has 6 heteroatoms. The number of hydrogen-bond acceptors (Lipinski definition) is 5. The van der Waals surface area contributed by atoms with E-state index in [1.54, 1.807) is 0 Å². The van der Waals surface area contributed by atoms with Crippen molar-refractivity contribution in [3.05, 3.63) is 212 Å². The number of fused-ring (bicyclic) bond motifs is 10. The summed E-state index contributed by atoms with van der Waals surface area (Å²) in [7, 11) is 0. The molecule has 0 spiro atoms. The lowest BCUT2D eigenvalue weighted by molar-refractivity contribution is 0.673. The van der Waals surface area contributed by atoms with Gasteiger partial charge in [0.25, 0.3) is 0 Å². The summed E-state index contributed by atoms with van der Waals surface area (Å²) < 4.78 is 9.06. The van der Waals surface area contributed by atoms with E-state index in [-0.39, 0.29) is 0 Å². The number of aromatic nitrogens is 5. The summed E-state index contributed by atoms with van der Waals surface area (Å²) in [5.74, 6) is 1.86. The fourth-order valence-electron chi connectivity index (χ4n) is 9.39. The van der Waals surface area contributed by atoms with Gasteiger partial charge in [0.15, 0.2) is 17.5 Å². The largest absolute Gasteiger partial charge is 0.455 e.